The molecule has 2 heterocycles. The van der Waals surface area contributed by atoms with E-state index in [0.29, 0.717) is 9.21 Å². The molecule has 2 rings (SSSR count). The largest absolute Gasteiger partial charge is 0.465 e. The molecule has 2 aromatic heterocycles. The highest BCUT2D eigenvalue weighted by molar-refractivity contribution is 9.10. The quantitative estimate of drug-likeness (QED) is 0.147. The zero-order chi connectivity index (χ0) is 30.7. The Hall–Kier alpha value is -2.30. The van der Waals surface area contributed by atoms with Crippen molar-refractivity contribution in [2.75, 3.05) is 26.4 Å². The lowest BCUT2D eigenvalue weighted by molar-refractivity contribution is -0.189. The third-order valence-electron chi connectivity index (χ3n) is 5.28. The molecule has 0 amide bonds. The molecule has 16 heteroatoms. The first kappa shape index (κ1) is 35.7. The van der Waals surface area contributed by atoms with Crippen molar-refractivity contribution >= 4 is 43.8 Å². The number of esters is 2. The average molecular weight is 712 g/mol. The highest BCUT2D eigenvalue weighted by Crippen LogP contribution is 2.42. The van der Waals surface area contributed by atoms with Gasteiger partial charge in [-0.1, -0.05) is 12.1 Å². The predicted octanol–water partition coefficient (Wildman–Crippen LogP) is 5.32. The van der Waals surface area contributed by atoms with Crippen molar-refractivity contribution in [2.24, 2.45) is 11.8 Å². The van der Waals surface area contributed by atoms with E-state index in [1.54, 1.807) is 0 Å². The fourth-order valence-corrected chi connectivity index (χ4v) is 4.01. The predicted molar refractivity (Wildman–Crippen MR) is 136 cm³/mol. The number of alkyl halides is 6. The molecule has 0 aliphatic heterocycles. The molecule has 224 valence electrons. The molecule has 2 N–H and O–H groups in total. The molecule has 8 nitrogen and oxygen atoms in total. The molecule has 0 fully saturated rings. The molecular weight excluding hydrogens is 686 g/mol. The van der Waals surface area contributed by atoms with Gasteiger partial charge in [0.15, 0.2) is 5.92 Å². The number of aliphatic hydroxyl groups excluding tert-OH is 2. The summed E-state index contributed by atoms with van der Waals surface area (Å²) < 4.78 is 89.1. The molecule has 0 saturated heterocycles. The van der Waals surface area contributed by atoms with Gasteiger partial charge in [0.25, 0.3) is 0 Å². The number of hydrogen-bond acceptors (Lipinski definition) is 8. The monoisotopic (exact) mass is 710 g/mol. The van der Waals surface area contributed by atoms with Gasteiger partial charge in [0.2, 0.25) is 0 Å². The van der Waals surface area contributed by atoms with Gasteiger partial charge < -0.3 is 19.7 Å². The highest BCUT2D eigenvalue weighted by atomic mass is 79.9. The van der Waals surface area contributed by atoms with E-state index in [2.05, 4.69) is 51.3 Å². The van der Waals surface area contributed by atoms with Gasteiger partial charge in [0.1, 0.15) is 15.1 Å². The first-order valence-electron chi connectivity index (χ1n) is 11.5. The highest BCUT2D eigenvalue weighted by Gasteiger charge is 2.53. The third kappa shape index (κ3) is 10.6. The molecule has 0 saturated carbocycles. The van der Waals surface area contributed by atoms with Crippen molar-refractivity contribution in [1.82, 2.24) is 9.97 Å². The summed E-state index contributed by atoms with van der Waals surface area (Å²) in [4.78, 5) is 31.3. The van der Waals surface area contributed by atoms with E-state index in [1.165, 1.54) is 32.0 Å². The summed E-state index contributed by atoms with van der Waals surface area (Å²) in [6.07, 6.45) is -7.36. The molecular formula is C24H26Br2F6N2O6. The van der Waals surface area contributed by atoms with Crippen LogP contribution in [0.25, 0.3) is 0 Å². The number of aliphatic hydroxyl groups is 2. The van der Waals surface area contributed by atoms with Crippen LogP contribution < -0.4 is 0 Å². The number of hydrogen-bond donors (Lipinski definition) is 2. The molecule has 2 aromatic rings. The van der Waals surface area contributed by atoms with Crippen LogP contribution in [-0.4, -0.2) is 70.9 Å². The van der Waals surface area contributed by atoms with E-state index in [0.717, 1.165) is 18.5 Å². The van der Waals surface area contributed by atoms with Gasteiger partial charge >= 0.3 is 24.3 Å². The summed E-state index contributed by atoms with van der Waals surface area (Å²) in [5.41, 5.74) is -0.402. The van der Waals surface area contributed by atoms with E-state index in [9.17, 15) is 35.9 Å². The minimum atomic E-state index is -4.86. The zero-order valence-electron chi connectivity index (χ0n) is 21.0. The summed E-state index contributed by atoms with van der Waals surface area (Å²) in [5.74, 6) is -10.3. The minimum Gasteiger partial charge on any atom is -0.465 e. The van der Waals surface area contributed by atoms with Crippen molar-refractivity contribution in [3.63, 3.8) is 0 Å². The maximum absolute atomic E-state index is 13.5. The van der Waals surface area contributed by atoms with Gasteiger partial charge in [-0.15, -0.1) is 0 Å². The van der Waals surface area contributed by atoms with E-state index >= 15 is 0 Å². The lowest BCUT2D eigenvalue weighted by atomic mass is 9.86. The van der Waals surface area contributed by atoms with Crippen LogP contribution >= 0.6 is 31.9 Å². The lowest BCUT2D eigenvalue weighted by Crippen LogP contribution is -2.40. The number of carbonyl (C=O) groups is 2. The fraction of sp³-hybridized carbons (Fsp3) is 0.500. The number of ether oxygens (including phenoxy) is 2. The van der Waals surface area contributed by atoms with E-state index in [1.807, 2.05) is 0 Å². The van der Waals surface area contributed by atoms with Gasteiger partial charge in [0, 0.05) is 31.5 Å². The van der Waals surface area contributed by atoms with Crippen LogP contribution in [0.1, 0.15) is 36.8 Å². The summed E-state index contributed by atoms with van der Waals surface area (Å²) in [5, 5.41) is 17.8. The van der Waals surface area contributed by atoms with Crippen molar-refractivity contribution in [3.05, 3.63) is 57.0 Å². The van der Waals surface area contributed by atoms with Crippen LogP contribution in [-0.2, 0) is 19.1 Å². The molecule has 0 aromatic carbocycles. The lowest BCUT2D eigenvalue weighted by Gasteiger charge is -2.26. The number of pyridine rings is 2. The third-order valence-corrected chi connectivity index (χ3v) is 6.22. The second-order valence-corrected chi connectivity index (χ2v) is 9.60. The van der Waals surface area contributed by atoms with Gasteiger partial charge in [-0.05, 0) is 69.0 Å². The Kier molecular flexibility index (Phi) is 14.5. The Morgan fingerprint density at radius 2 is 1.15 bits per heavy atom. The summed E-state index contributed by atoms with van der Waals surface area (Å²) in [7, 11) is 0. The maximum Gasteiger partial charge on any atom is 0.397 e. The summed E-state index contributed by atoms with van der Waals surface area (Å²) in [6, 6.07) is 5.09. The average Bonchev–Trinajstić information content (AvgIpc) is 2.86. The van der Waals surface area contributed by atoms with Crippen molar-refractivity contribution in [2.45, 2.75) is 38.0 Å². The molecule has 0 radical (unpaired) electrons. The zero-order valence-corrected chi connectivity index (χ0v) is 24.2. The van der Waals surface area contributed by atoms with Gasteiger partial charge in [-0.25, -0.2) is 9.97 Å². The molecule has 0 aliphatic carbocycles. The first-order chi connectivity index (χ1) is 18.6. The topological polar surface area (TPSA) is 119 Å². The number of rotatable bonds is 10. The van der Waals surface area contributed by atoms with Gasteiger partial charge in [0.05, 0.1) is 19.1 Å². The fourth-order valence-electron chi connectivity index (χ4n) is 3.54. The smallest absolute Gasteiger partial charge is 0.397 e. The molecule has 2 unspecified atom stereocenters. The van der Waals surface area contributed by atoms with E-state index in [-0.39, 0.29) is 24.3 Å². The second kappa shape index (κ2) is 16.2. The summed E-state index contributed by atoms with van der Waals surface area (Å²) >= 11 is 6.04. The van der Waals surface area contributed by atoms with Gasteiger partial charge in [-0.2, -0.15) is 26.3 Å². The number of nitrogens with zero attached hydrogens (tertiary/aromatic N) is 2. The normalized spacial score (nSPS) is 13.3. The minimum absolute atomic E-state index is 0.0752. The van der Waals surface area contributed by atoms with Crippen LogP contribution in [0.4, 0.5) is 26.3 Å². The number of carbonyl (C=O) groups excluding carboxylic acids is 2. The molecule has 40 heavy (non-hydrogen) atoms. The summed E-state index contributed by atoms with van der Waals surface area (Å²) in [6.45, 7) is 1.08. The number of aromatic nitrogens is 2. The van der Waals surface area contributed by atoms with Crippen molar-refractivity contribution < 1.29 is 55.6 Å². The van der Waals surface area contributed by atoms with Crippen LogP contribution in [0.2, 0.25) is 0 Å². The SMILES string of the molecule is CCOC(=O)C(C(=O)OCC)C(c1ccc(Br)nc1)C(F)(F)F.OCC(CO)C(c1ccc(Br)nc1)C(F)(F)F. The Morgan fingerprint density at radius 1 is 0.775 bits per heavy atom. The van der Waals surface area contributed by atoms with Crippen molar-refractivity contribution in [3.8, 4) is 0 Å². The Balaban J connectivity index is 0.000000418. The molecule has 2 atom stereocenters. The van der Waals surface area contributed by atoms with Crippen LogP contribution in [0.5, 0.6) is 0 Å². The van der Waals surface area contributed by atoms with Crippen LogP contribution in [0.3, 0.4) is 0 Å². The molecule has 0 aliphatic rings. The van der Waals surface area contributed by atoms with Gasteiger partial charge in [-0.3, -0.25) is 9.59 Å². The maximum atomic E-state index is 13.5. The Bertz CT molecular complexity index is 1050. The van der Waals surface area contributed by atoms with Crippen molar-refractivity contribution in [1.29, 1.82) is 0 Å². The van der Waals surface area contributed by atoms with Crippen LogP contribution in [0, 0.1) is 11.8 Å². The first-order valence-corrected chi connectivity index (χ1v) is 13.1. The molecule has 0 bridgehead atoms. The second-order valence-electron chi connectivity index (χ2n) is 7.97. The Morgan fingerprint density at radius 3 is 1.43 bits per heavy atom. The van der Waals surface area contributed by atoms with Crippen LogP contribution in [0.15, 0.2) is 45.9 Å². The number of halogens is 8. The van der Waals surface area contributed by atoms with E-state index < -0.39 is 61.2 Å². The standard InChI is InChI=1S/C14H15BrF3NO4.C10H11BrF3NO2/c1-3-22-12(20)10(13(21)23-4-2)11(14(16,17)18)8-5-6-9(15)19-7-8;11-8-2-1-6(3-15-8)9(10(12,13)14)7(4-16)5-17/h5-7,10-11H,3-4H2,1-2H3;1-3,7,9,16-17H,4-5H2. The molecule has 0 spiro atoms. The van der Waals surface area contributed by atoms with E-state index in [4.69, 9.17) is 10.2 Å². The Labute approximate surface area is 242 Å².